The van der Waals surface area contributed by atoms with Crippen molar-refractivity contribution in [1.29, 1.82) is 0 Å². The first-order valence-electron chi connectivity index (χ1n) is 12.6. The van der Waals surface area contributed by atoms with E-state index >= 15 is 0 Å². The number of hydrogen-bond donors (Lipinski definition) is 1. The van der Waals surface area contributed by atoms with Crippen LogP contribution >= 0.6 is 0 Å². The molecule has 36 heavy (non-hydrogen) atoms. The van der Waals surface area contributed by atoms with Gasteiger partial charge in [-0.2, -0.15) is 0 Å². The number of piperidine rings is 1. The van der Waals surface area contributed by atoms with Gasteiger partial charge in [-0.15, -0.1) is 0 Å². The number of urea groups is 1. The molecular weight excluding hydrogens is 459 g/mol. The Morgan fingerprint density at radius 2 is 1.72 bits per heavy atom. The van der Waals surface area contributed by atoms with Crippen molar-refractivity contribution in [2.75, 3.05) is 40.3 Å². The maximum atomic E-state index is 14.0. The third-order valence-corrected chi connectivity index (χ3v) is 7.47. The number of imide groups is 1. The van der Waals surface area contributed by atoms with Crippen LogP contribution in [0, 0.1) is 11.7 Å². The second-order valence-electron chi connectivity index (χ2n) is 10.1. The molecule has 0 aliphatic carbocycles. The van der Waals surface area contributed by atoms with Crippen LogP contribution in [-0.2, 0) is 22.4 Å². The number of rotatable bonds is 9. The molecule has 0 spiro atoms. The number of likely N-dealkylation sites (N-methyl/N-ethyl adjacent to an activating group) is 1. The number of halogens is 1. The van der Waals surface area contributed by atoms with Crippen LogP contribution in [-0.4, -0.2) is 78.4 Å². The van der Waals surface area contributed by atoms with Gasteiger partial charge >= 0.3 is 6.03 Å². The van der Waals surface area contributed by atoms with Gasteiger partial charge in [0.05, 0.1) is 6.42 Å². The highest BCUT2D eigenvalue weighted by Gasteiger charge is 2.55. The lowest BCUT2D eigenvalue weighted by Gasteiger charge is -2.41. The Bertz CT molecular complexity index is 1090. The van der Waals surface area contributed by atoms with Gasteiger partial charge in [0, 0.05) is 26.2 Å². The Balaban J connectivity index is 1.47. The molecule has 2 fully saturated rings. The molecule has 1 unspecified atom stereocenters. The molecule has 4 amide bonds. The lowest BCUT2D eigenvalue weighted by Crippen LogP contribution is -2.57. The minimum atomic E-state index is -0.986. The Labute approximate surface area is 212 Å². The Kier molecular flexibility index (Phi) is 8.04. The number of nitrogens with zero attached hydrogens (tertiary/aromatic N) is 3. The van der Waals surface area contributed by atoms with E-state index in [1.165, 1.54) is 11.0 Å². The lowest BCUT2D eigenvalue weighted by molar-refractivity contribution is -0.136. The zero-order valence-electron chi connectivity index (χ0n) is 21.1. The van der Waals surface area contributed by atoms with Gasteiger partial charge in [-0.3, -0.25) is 14.5 Å². The number of amides is 4. The topological polar surface area (TPSA) is 73.0 Å². The van der Waals surface area contributed by atoms with Gasteiger partial charge in [0.1, 0.15) is 11.4 Å². The molecule has 0 bridgehead atoms. The molecule has 0 saturated carbocycles. The molecule has 192 valence electrons. The van der Waals surface area contributed by atoms with E-state index in [0.29, 0.717) is 57.4 Å². The van der Waals surface area contributed by atoms with Gasteiger partial charge < -0.3 is 15.1 Å². The van der Waals surface area contributed by atoms with Gasteiger partial charge in [0.2, 0.25) is 5.91 Å². The Morgan fingerprint density at radius 1 is 1.06 bits per heavy atom. The summed E-state index contributed by atoms with van der Waals surface area (Å²) >= 11 is 0. The quantitative estimate of drug-likeness (QED) is 0.544. The monoisotopic (exact) mass is 494 g/mol. The average Bonchev–Trinajstić information content (AvgIpc) is 3.13. The summed E-state index contributed by atoms with van der Waals surface area (Å²) in [5, 5.41) is 3.09. The zero-order chi connectivity index (χ0) is 25.7. The summed E-state index contributed by atoms with van der Waals surface area (Å²) in [6, 6.07) is 16.0. The average molecular weight is 495 g/mol. The summed E-state index contributed by atoms with van der Waals surface area (Å²) in [7, 11) is 3.82. The van der Waals surface area contributed by atoms with E-state index in [1.807, 2.05) is 49.3 Å². The summed E-state index contributed by atoms with van der Waals surface area (Å²) in [5.41, 5.74) is 0.516. The zero-order valence-corrected chi connectivity index (χ0v) is 21.1. The fourth-order valence-electron chi connectivity index (χ4n) is 5.32. The number of nitrogens with one attached hydrogen (secondary N) is 1. The van der Waals surface area contributed by atoms with Crippen molar-refractivity contribution in [3.63, 3.8) is 0 Å². The van der Waals surface area contributed by atoms with E-state index in [1.54, 1.807) is 23.1 Å². The molecule has 7 nitrogen and oxygen atoms in total. The first kappa shape index (κ1) is 25.8. The minimum Gasteiger partial charge on any atom is -0.342 e. The summed E-state index contributed by atoms with van der Waals surface area (Å²) in [5.74, 6) is -0.745. The molecule has 0 radical (unpaired) electrons. The highest BCUT2D eigenvalue weighted by Crippen LogP contribution is 2.37. The molecule has 1 N–H and O–H groups in total. The van der Waals surface area contributed by atoms with Crippen LogP contribution in [0.15, 0.2) is 54.6 Å². The van der Waals surface area contributed by atoms with Crippen molar-refractivity contribution in [2.24, 2.45) is 5.92 Å². The van der Waals surface area contributed by atoms with E-state index in [-0.39, 0.29) is 36.0 Å². The smallest absolute Gasteiger partial charge is 0.325 e. The summed E-state index contributed by atoms with van der Waals surface area (Å²) < 4.78 is 14.0. The SMILES string of the molecule is CN(C)CCN1C(=O)NC(CCc2ccccc2)(C2CCN(C(=O)Cc3ccccc3F)CC2)C1=O. The fourth-order valence-corrected chi connectivity index (χ4v) is 5.32. The molecular formula is C28H35FN4O3. The predicted octanol–water partition coefficient (Wildman–Crippen LogP) is 3.09. The van der Waals surface area contributed by atoms with Crippen LogP contribution in [0.25, 0.3) is 0 Å². The van der Waals surface area contributed by atoms with Crippen molar-refractivity contribution in [1.82, 2.24) is 20.0 Å². The maximum Gasteiger partial charge on any atom is 0.325 e. The number of likely N-dealkylation sites (tertiary alicyclic amines) is 1. The van der Waals surface area contributed by atoms with Gasteiger partial charge in [0.25, 0.3) is 5.91 Å². The third-order valence-electron chi connectivity index (χ3n) is 7.47. The van der Waals surface area contributed by atoms with Crippen LogP contribution in [0.5, 0.6) is 0 Å². The normalized spacial score (nSPS) is 20.8. The number of carbonyl (C=O) groups excluding carboxylic acids is 3. The molecule has 8 heteroatoms. The van der Waals surface area contributed by atoms with Crippen molar-refractivity contribution < 1.29 is 18.8 Å². The fraction of sp³-hybridized carbons (Fsp3) is 0.464. The molecule has 2 heterocycles. The highest BCUT2D eigenvalue weighted by molar-refractivity contribution is 6.07. The highest BCUT2D eigenvalue weighted by atomic mass is 19.1. The molecule has 2 aromatic carbocycles. The Morgan fingerprint density at radius 3 is 2.39 bits per heavy atom. The van der Waals surface area contributed by atoms with E-state index < -0.39 is 5.54 Å². The van der Waals surface area contributed by atoms with E-state index in [9.17, 15) is 18.8 Å². The van der Waals surface area contributed by atoms with Crippen molar-refractivity contribution >= 4 is 17.8 Å². The van der Waals surface area contributed by atoms with Crippen LogP contribution in [0.2, 0.25) is 0 Å². The van der Waals surface area contributed by atoms with E-state index in [4.69, 9.17) is 0 Å². The third kappa shape index (κ3) is 5.59. The van der Waals surface area contributed by atoms with E-state index in [2.05, 4.69) is 5.32 Å². The largest absolute Gasteiger partial charge is 0.342 e. The number of aryl methyl sites for hydroxylation is 1. The van der Waals surface area contributed by atoms with Gasteiger partial charge in [-0.1, -0.05) is 48.5 Å². The van der Waals surface area contributed by atoms with Crippen LogP contribution in [0.1, 0.15) is 30.4 Å². The Hall–Kier alpha value is -3.26. The lowest BCUT2D eigenvalue weighted by atomic mass is 9.74. The summed E-state index contributed by atoms with van der Waals surface area (Å²) in [6.45, 7) is 1.89. The standard InChI is InChI=1S/C28H35FN4O3/c1-31(2)18-19-33-26(35)28(30-27(33)36,15-12-21-8-4-3-5-9-21)23-13-16-32(17-14-23)25(34)20-22-10-6-7-11-24(22)29/h3-11,23H,12-20H2,1-2H3,(H,30,36). The second-order valence-corrected chi connectivity index (χ2v) is 10.1. The van der Waals surface area contributed by atoms with Crippen LogP contribution < -0.4 is 5.32 Å². The maximum absolute atomic E-state index is 14.0. The number of carbonyl (C=O) groups is 3. The molecule has 4 rings (SSSR count). The van der Waals surface area contributed by atoms with Crippen LogP contribution in [0.4, 0.5) is 9.18 Å². The molecule has 2 aliphatic heterocycles. The number of benzene rings is 2. The van der Waals surface area contributed by atoms with Crippen molar-refractivity contribution in [3.05, 3.63) is 71.5 Å². The first-order valence-corrected chi connectivity index (χ1v) is 12.6. The number of hydrogen-bond acceptors (Lipinski definition) is 4. The molecule has 0 aromatic heterocycles. The summed E-state index contributed by atoms with van der Waals surface area (Å²) in [6.07, 6.45) is 2.40. The minimum absolute atomic E-state index is 0.0183. The van der Waals surface area contributed by atoms with E-state index in [0.717, 1.165) is 5.56 Å². The molecule has 2 saturated heterocycles. The van der Waals surface area contributed by atoms with Gasteiger partial charge in [-0.25, -0.2) is 9.18 Å². The van der Waals surface area contributed by atoms with Crippen LogP contribution in [0.3, 0.4) is 0 Å². The molecule has 2 aliphatic rings. The van der Waals surface area contributed by atoms with Gasteiger partial charge in [-0.05, 0) is 62.9 Å². The van der Waals surface area contributed by atoms with Crippen molar-refractivity contribution in [3.8, 4) is 0 Å². The molecule has 1 atom stereocenters. The molecule has 2 aromatic rings. The summed E-state index contributed by atoms with van der Waals surface area (Å²) in [4.78, 5) is 44.6. The predicted molar refractivity (Wildman–Crippen MR) is 136 cm³/mol. The van der Waals surface area contributed by atoms with Gasteiger partial charge in [0.15, 0.2) is 0 Å². The second kappa shape index (κ2) is 11.2. The van der Waals surface area contributed by atoms with Crippen molar-refractivity contribution in [2.45, 2.75) is 37.6 Å². The first-order chi connectivity index (χ1) is 17.3.